The van der Waals surface area contributed by atoms with Gasteiger partial charge in [0.05, 0.1) is 6.10 Å². The van der Waals surface area contributed by atoms with Crippen LogP contribution in [-0.2, 0) is 14.3 Å². The van der Waals surface area contributed by atoms with E-state index in [2.05, 4.69) is 6.92 Å². The minimum atomic E-state index is -0.756. The summed E-state index contributed by atoms with van der Waals surface area (Å²) in [6.45, 7) is 5.85. The fourth-order valence-electron chi connectivity index (χ4n) is 2.35. The quantitative estimate of drug-likeness (QED) is 0.341. The Bertz CT molecular complexity index is 303. The van der Waals surface area contributed by atoms with Gasteiger partial charge >= 0.3 is 5.97 Å². The van der Waals surface area contributed by atoms with Gasteiger partial charge in [-0.2, -0.15) is 0 Å². The van der Waals surface area contributed by atoms with Crippen molar-refractivity contribution >= 4 is 11.8 Å². The van der Waals surface area contributed by atoms with Crippen LogP contribution in [0.5, 0.6) is 0 Å². The standard InChI is InChI=1S/C16H28O3/c1-4-5-6-7-8-9-10-14(17)16(11-12-16)15(18)19-13(2)3/h13H,4-12H2,1-3H3. The van der Waals surface area contributed by atoms with E-state index >= 15 is 0 Å². The second-order valence-electron chi connectivity index (χ2n) is 5.98. The maximum atomic E-state index is 12.1. The van der Waals surface area contributed by atoms with E-state index in [-0.39, 0.29) is 17.9 Å². The Morgan fingerprint density at radius 1 is 1.05 bits per heavy atom. The Labute approximate surface area is 117 Å². The van der Waals surface area contributed by atoms with Crippen LogP contribution in [0.2, 0.25) is 0 Å². The lowest BCUT2D eigenvalue weighted by Gasteiger charge is -2.15. The van der Waals surface area contributed by atoms with Crippen molar-refractivity contribution < 1.29 is 14.3 Å². The third-order valence-electron chi connectivity index (χ3n) is 3.77. The monoisotopic (exact) mass is 268 g/mol. The molecule has 110 valence electrons. The molecule has 0 spiro atoms. The molecule has 0 aromatic heterocycles. The van der Waals surface area contributed by atoms with Gasteiger partial charge in [-0.1, -0.05) is 39.0 Å². The van der Waals surface area contributed by atoms with Gasteiger partial charge < -0.3 is 4.74 Å². The van der Waals surface area contributed by atoms with Crippen LogP contribution < -0.4 is 0 Å². The molecule has 0 aromatic rings. The number of Topliss-reactive ketones (excluding diaryl/α,β-unsaturated/α-hetero) is 1. The number of carbonyl (C=O) groups is 2. The molecule has 0 aromatic carbocycles. The highest BCUT2D eigenvalue weighted by atomic mass is 16.5. The minimum absolute atomic E-state index is 0.105. The van der Waals surface area contributed by atoms with Crippen molar-refractivity contribution in [2.75, 3.05) is 0 Å². The summed E-state index contributed by atoms with van der Waals surface area (Å²) >= 11 is 0. The number of unbranched alkanes of at least 4 members (excludes halogenated alkanes) is 5. The van der Waals surface area contributed by atoms with Gasteiger partial charge in [-0.05, 0) is 33.1 Å². The van der Waals surface area contributed by atoms with Gasteiger partial charge in [0.15, 0.2) is 0 Å². The molecule has 3 heteroatoms. The first-order valence-electron chi connectivity index (χ1n) is 7.77. The van der Waals surface area contributed by atoms with Gasteiger partial charge in [0.25, 0.3) is 0 Å². The summed E-state index contributed by atoms with van der Waals surface area (Å²) in [7, 11) is 0. The Hall–Kier alpha value is -0.860. The molecule has 1 aliphatic carbocycles. The summed E-state index contributed by atoms with van der Waals surface area (Å²) in [5.74, 6) is -0.188. The van der Waals surface area contributed by atoms with Crippen molar-refractivity contribution in [2.45, 2.75) is 84.7 Å². The summed E-state index contributed by atoms with van der Waals surface area (Å²) in [4.78, 5) is 24.0. The highest BCUT2D eigenvalue weighted by Crippen LogP contribution is 2.48. The Kier molecular flexibility index (Phi) is 6.53. The van der Waals surface area contributed by atoms with Crippen LogP contribution in [0, 0.1) is 5.41 Å². The van der Waals surface area contributed by atoms with E-state index in [9.17, 15) is 9.59 Å². The number of carbonyl (C=O) groups excluding carboxylic acids is 2. The number of esters is 1. The van der Waals surface area contributed by atoms with E-state index in [1.807, 2.05) is 13.8 Å². The van der Waals surface area contributed by atoms with Gasteiger partial charge in [0.1, 0.15) is 11.2 Å². The first-order chi connectivity index (χ1) is 9.03. The number of ketones is 1. The lowest BCUT2D eigenvalue weighted by atomic mass is 9.96. The van der Waals surface area contributed by atoms with Gasteiger partial charge in [-0.3, -0.25) is 9.59 Å². The molecule has 1 rings (SSSR count). The molecule has 1 aliphatic rings. The smallest absolute Gasteiger partial charge is 0.319 e. The predicted molar refractivity (Wildman–Crippen MR) is 75.9 cm³/mol. The van der Waals surface area contributed by atoms with E-state index in [0.29, 0.717) is 19.3 Å². The van der Waals surface area contributed by atoms with E-state index in [0.717, 1.165) is 12.8 Å². The number of hydrogen-bond donors (Lipinski definition) is 0. The van der Waals surface area contributed by atoms with Crippen molar-refractivity contribution in [3.63, 3.8) is 0 Å². The van der Waals surface area contributed by atoms with Crippen LogP contribution in [0.3, 0.4) is 0 Å². The molecule has 0 atom stereocenters. The first kappa shape index (κ1) is 16.2. The van der Waals surface area contributed by atoms with Crippen molar-refractivity contribution in [1.82, 2.24) is 0 Å². The van der Waals surface area contributed by atoms with E-state index < -0.39 is 5.41 Å². The maximum Gasteiger partial charge on any atom is 0.319 e. The highest BCUT2D eigenvalue weighted by molar-refractivity contribution is 6.06. The SMILES string of the molecule is CCCCCCCCC(=O)C1(C(=O)OC(C)C)CC1. The second-order valence-corrected chi connectivity index (χ2v) is 5.98. The minimum Gasteiger partial charge on any atom is -0.462 e. The van der Waals surface area contributed by atoms with Crippen LogP contribution in [0.15, 0.2) is 0 Å². The third kappa shape index (κ3) is 4.96. The maximum absolute atomic E-state index is 12.1. The molecular weight excluding hydrogens is 240 g/mol. The molecule has 0 unspecified atom stereocenters. The van der Waals surface area contributed by atoms with Crippen LogP contribution in [0.1, 0.15) is 78.6 Å². The van der Waals surface area contributed by atoms with Gasteiger partial charge in [0.2, 0.25) is 0 Å². The second kappa shape index (κ2) is 7.66. The normalized spacial score (nSPS) is 16.4. The number of ether oxygens (including phenoxy) is 1. The molecule has 1 saturated carbocycles. The highest BCUT2D eigenvalue weighted by Gasteiger charge is 2.57. The zero-order valence-corrected chi connectivity index (χ0v) is 12.7. The molecule has 19 heavy (non-hydrogen) atoms. The Morgan fingerprint density at radius 2 is 1.63 bits per heavy atom. The van der Waals surface area contributed by atoms with E-state index in [4.69, 9.17) is 4.74 Å². The van der Waals surface area contributed by atoms with Crippen LogP contribution in [0.25, 0.3) is 0 Å². The lowest BCUT2D eigenvalue weighted by molar-refractivity contribution is -0.157. The summed E-state index contributed by atoms with van der Waals surface area (Å²) in [5, 5.41) is 0. The summed E-state index contributed by atoms with van der Waals surface area (Å²) in [5.41, 5.74) is -0.756. The topological polar surface area (TPSA) is 43.4 Å². The van der Waals surface area contributed by atoms with E-state index in [1.54, 1.807) is 0 Å². The van der Waals surface area contributed by atoms with Crippen molar-refractivity contribution in [2.24, 2.45) is 5.41 Å². The number of rotatable bonds is 10. The zero-order valence-electron chi connectivity index (χ0n) is 12.7. The van der Waals surface area contributed by atoms with E-state index in [1.165, 1.54) is 25.7 Å². The molecule has 0 N–H and O–H groups in total. The Morgan fingerprint density at radius 3 is 2.16 bits per heavy atom. The van der Waals surface area contributed by atoms with Crippen LogP contribution in [0.4, 0.5) is 0 Å². The fourth-order valence-corrected chi connectivity index (χ4v) is 2.35. The molecule has 3 nitrogen and oxygen atoms in total. The summed E-state index contributed by atoms with van der Waals surface area (Å²) in [6.07, 6.45) is 8.77. The van der Waals surface area contributed by atoms with Crippen LogP contribution >= 0.6 is 0 Å². The largest absolute Gasteiger partial charge is 0.462 e. The van der Waals surface area contributed by atoms with Gasteiger partial charge in [0, 0.05) is 6.42 Å². The lowest BCUT2D eigenvalue weighted by Crippen LogP contribution is -2.29. The number of hydrogen-bond acceptors (Lipinski definition) is 3. The van der Waals surface area contributed by atoms with Gasteiger partial charge in [-0.15, -0.1) is 0 Å². The van der Waals surface area contributed by atoms with Crippen molar-refractivity contribution in [3.8, 4) is 0 Å². The summed E-state index contributed by atoms with van der Waals surface area (Å²) in [6, 6.07) is 0. The van der Waals surface area contributed by atoms with Crippen LogP contribution in [-0.4, -0.2) is 17.9 Å². The average Bonchev–Trinajstić information content (AvgIpc) is 3.14. The summed E-state index contributed by atoms with van der Waals surface area (Å²) < 4.78 is 5.20. The van der Waals surface area contributed by atoms with Crippen molar-refractivity contribution in [1.29, 1.82) is 0 Å². The molecule has 0 saturated heterocycles. The molecule has 0 amide bonds. The molecule has 0 radical (unpaired) electrons. The first-order valence-corrected chi connectivity index (χ1v) is 7.77. The molecular formula is C16H28O3. The molecule has 0 aliphatic heterocycles. The average molecular weight is 268 g/mol. The van der Waals surface area contributed by atoms with Crippen molar-refractivity contribution in [3.05, 3.63) is 0 Å². The molecule has 0 bridgehead atoms. The Balaban J connectivity index is 2.23. The predicted octanol–water partition coefficient (Wildman–Crippen LogP) is 4.04. The molecule has 0 heterocycles. The fraction of sp³-hybridized carbons (Fsp3) is 0.875. The third-order valence-corrected chi connectivity index (χ3v) is 3.77. The van der Waals surface area contributed by atoms with Gasteiger partial charge in [-0.25, -0.2) is 0 Å². The zero-order chi connectivity index (χ0) is 14.3. The molecule has 1 fully saturated rings.